The van der Waals surface area contributed by atoms with Crippen LogP contribution in [0.1, 0.15) is 18.5 Å². The molecular formula is C15H16N6. The van der Waals surface area contributed by atoms with Crippen molar-refractivity contribution in [3.63, 3.8) is 0 Å². The van der Waals surface area contributed by atoms with E-state index >= 15 is 0 Å². The summed E-state index contributed by atoms with van der Waals surface area (Å²) in [6, 6.07) is 10.2. The lowest BCUT2D eigenvalue weighted by Crippen LogP contribution is -2.23. The van der Waals surface area contributed by atoms with E-state index in [0.717, 1.165) is 5.69 Å². The summed E-state index contributed by atoms with van der Waals surface area (Å²) in [5.74, 6) is 0.713. The summed E-state index contributed by atoms with van der Waals surface area (Å²) >= 11 is 0. The van der Waals surface area contributed by atoms with Crippen LogP contribution in [0.2, 0.25) is 0 Å². The van der Waals surface area contributed by atoms with Gasteiger partial charge in [-0.2, -0.15) is 5.10 Å². The van der Waals surface area contributed by atoms with Crippen molar-refractivity contribution < 1.29 is 0 Å². The van der Waals surface area contributed by atoms with Gasteiger partial charge < -0.3 is 4.90 Å². The number of rotatable bonds is 4. The number of hydrogen-bond donors (Lipinski definition) is 0. The first-order valence-electron chi connectivity index (χ1n) is 6.70. The smallest absolute Gasteiger partial charge is 0.225 e. The van der Waals surface area contributed by atoms with Gasteiger partial charge in [-0.05, 0) is 30.7 Å². The maximum atomic E-state index is 4.28. The van der Waals surface area contributed by atoms with Gasteiger partial charge in [0, 0.05) is 19.4 Å². The fourth-order valence-electron chi connectivity index (χ4n) is 2.12. The molecule has 3 aromatic rings. The van der Waals surface area contributed by atoms with Crippen molar-refractivity contribution >= 4 is 5.95 Å². The Balaban J connectivity index is 1.80. The molecule has 0 bridgehead atoms. The fraction of sp³-hybridized carbons (Fsp3) is 0.200. The van der Waals surface area contributed by atoms with E-state index in [1.807, 2.05) is 30.1 Å². The molecule has 3 rings (SSSR count). The number of nitrogens with zero attached hydrogens (tertiary/aromatic N) is 6. The van der Waals surface area contributed by atoms with Crippen LogP contribution in [0, 0.1) is 0 Å². The summed E-state index contributed by atoms with van der Waals surface area (Å²) < 4.78 is 1.73. The van der Waals surface area contributed by atoms with Gasteiger partial charge in [-0.15, -0.1) is 0 Å². The first-order valence-corrected chi connectivity index (χ1v) is 6.70. The molecule has 0 spiro atoms. The topological polar surface area (TPSA) is 59.7 Å². The maximum Gasteiger partial charge on any atom is 0.225 e. The van der Waals surface area contributed by atoms with E-state index < -0.39 is 0 Å². The van der Waals surface area contributed by atoms with Crippen LogP contribution in [-0.4, -0.2) is 31.8 Å². The zero-order valence-corrected chi connectivity index (χ0v) is 12.0. The Kier molecular flexibility index (Phi) is 3.59. The molecule has 0 aliphatic rings. The Morgan fingerprint density at radius 2 is 1.81 bits per heavy atom. The first-order chi connectivity index (χ1) is 10.3. The molecule has 21 heavy (non-hydrogen) atoms. The molecule has 1 aromatic carbocycles. The van der Waals surface area contributed by atoms with Crippen molar-refractivity contribution in [2.75, 3.05) is 11.9 Å². The van der Waals surface area contributed by atoms with Crippen molar-refractivity contribution in [3.05, 3.63) is 60.9 Å². The third-order valence-electron chi connectivity index (χ3n) is 3.51. The number of benzene rings is 1. The monoisotopic (exact) mass is 280 g/mol. The van der Waals surface area contributed by atoms with Crippen LogP contribution in [0.4, 0.5) is 5.95 Å². The highest BCUT2D eigenvalue weighted by atomic mass is 15.3. The van der Waals surface area contributed by atoms with Crippen LogP contribution >= 0.6 is 0 Å². The third-order valence-corrected chi connectivity index (χ3v) is 3.51. The molecule has 1 unspecified atom stereocenters. The van der Waals surface area contributed by atoms with E-state index in [2.05, 4.69) is 39.1 Å². The van der Waals surface area contributed by atoms with Gasteiger partial charge in [0.15, 0.2) is 0 Å². The van der Waals surface area contributed by atoms with Crippen LogP contribution in [0.15, 0.2) is 55.4 Å². The maximum absolute atomic E-state index is 4.28. The molecule has 0 N–H and O–H groups in total. The van der Waals surface area contributed by atoms with Gasteiger partial charge in [-0.3, -0.25) is 0 Å². The molecule has 0 radical (unpaired) electrons. The highest BCUT2D eigenvalue weighted by molar-refractivity contribution is 5.38. The lowest BCUT2D eigenvalue weighted by atomic mass is 10.1. The summed E-state index contributed by atoms with van der Waals surface area (Å²) in [7, 11) is 1.99. The Labute approximate surface area is 123 Å². The normalized spacial score (nSPS) is 12.1. The highest BCUT2D eigenvalue weighted by Gasteiger charge is 2.14. The predicted octanol–water partition coefficient (Wildman–Crippen LogP) is 2.25. The van der Waals surface area contributed by atoms with E-state index in [1.54, 1.807) is 23.4 Å². The molecule has 2 aromatic heterocycles. The molecule has 0 fully saturated rings. The minimum atomic E-state index is 0.178. The molecule has 0 aliphatic heterocycles. The summed E-state index contributed by atoms with van der Waals surface area (Å²) in [5, 5.41) is 4.12. The van der Waals surface area contributed by atoms with E-state index in [-0.39, 0.29) is 6.04 Å². The summed E-state index contributed by atoms with van der Waals surface area (Å²) in [6.07, 6.45) is 6.71. The minimum absolute atomic E-state index is 0.178. The second-order valence-electron chi connectivity index (χ2n) is 4.77. The van der Waals surface area contributed by atoms with Gasteiger partial charge in [-0.25, -0.2) is 19.6 Å². The SMILES string of the molecule is CC(c1ccc(-n2cncn2)cc1)N(C)c1ncccn1. The van der Waals surface area contributed by atoms with Crippen molar-refractivity contribution in [3.8, 4) is 5.69 Å². The fourth-order valence-corrected chi connectivity index (χ4v) is 2.12. The molecule has 0 amide bonds. The summed E-state index contributed by atoms with van der Waals surface area (Å²) in [4.78, 5) is 14.5. The molecule has 0 saturated heterocycles. The van der Waals surface area contributed by atoms with E-state index in [0.29, 0.717) is 5.95 Å². The zero-order valence-electron chi connectivity index (χ0n) is 12.0. The van der Waals surface area contributed by atoms with Gasteiger partial charge >= 0.3 is 0 Å². The quantitative estimate of drug-likeness (QED) is 0.733. The first kappa shape index (κ1) is 13.2. The Hall–Kier alpha value is -2.76. The number of aromatic nitrogens is 5. The third kappa shape index (κ3) is 2.74. The van der Waals surface area contributed by atoms with E-state index in [9.17, 15) is 0 Å². The molecule has 6 nitrogen and oxygen atoms in total. The molecule has 6 heteroatoms. The molecular weight excluding hydrogens is 264 g/mol. The van der Waals surface area contributed by atoms with Crippen LogP contribution in [0.25, 0.3) is 5.69 Å². The Morgan fingerprint density at radius 1 is 1.10 bits per heavy atom. The predicted molar refractivity (Wildman–Crippen MR) is 80.2 cm³/mol. The number of anilines is 1. The second kappa shape index (κ2) is 5.70. The van der Waals surface area contributed by atoms with Gasteiger partial charge in [0.25, 0.3) is 0 Å². The van der Waals surface area contributed by atoms with Gasteiger partial charge in [0.05, 0.1) is 11.7 Å². The molecule has 1 atom stereocenters. The average molecular weight is 280 g/mol. The molecule has 106 valence electrons. The Bertz CT molecular complexity index is 678. The van der Waals surface area contributed by atoms with Crippen molar-refractivity contribution in [1.82, 2.24) is 24.7 Å². The van der Waals surface area contributed by atoms with Crippen molar-refractivity contribution in [2.45, 2.75) is 13.0 Å². The van der Waals surface area contributed by atoms with Gasteiger partial charge in [-0.1, -0.05) is 12.1 Å². The molecule has 0 aliphatic carbocycles. The highest BCUT2D eigenvalue weighted by Crippen LogP contribution is 2.22. The Morgan fingerprint density at radius 3 is 2.43 bits per heavy atom. The largest absolute Gasteiger partial charge is 0.337 e. The van der Waals surface area contributed by atoms with Gasteiger partial charge in [0.2, 0.25) is 5.95 Å². The van der Waals surface area contributed by atoms with Crippen LogP contribution in [0.3, 0.4) is 0 Å². The standard InChI is InChI=1S/C15H16N6/c1-12(20(2)15-17-8-3-9-18-15)13-4-6-14(7-5-13)21-11-16-10-19-21/h3-12H,1-2H3. The lowest BCUT2D eigenvalue weighted by molar-refractivity contribution is 0.714. The van der Waals surface area contributed by atoms with Crippen molar-refractivity contribution in [2.24, 2.45) is 0 Å². The molecule has 2 heterocycles. The summed E-state index contributed by atoms with van der Waals surface area (Å²) in [6.45, 7) is 2.13. The number of hydrogen-bond acceptors (Lipinski definition) is 5. The van der Waals surface area contributed by atoms with Crippen LogP contribution in [-0.2, 0) is 0 Å². The lowest BCUT2D eigenvalue weighted by Gasteiger charge is -2.25. The van der Waals surface area contributed by atoms with Crippen LogP contribution < -0.4 is 4.90 Å². The second-order valence-corrected chi connectivity index (χ2v) is 4.77. The van der Waals surface area contributed by atoms with Gasteiger partial charge in [0.1, 0.15) is 12.7 Å². The van der Waals surface area contributed by atoms with E-state index in [1.165, 1.54) is 11.9 Å². The van der Waals surface area contributed by atoms with E-state index in [4.69, 9.17) is 0 Å². The summed E-state index contributed by atoms with van der Waals surface area (Å²) in [5.41, 5.74) is 2.18. The van der Waals surface area contributed by atoms with Crippen molar-refractivity contribution in [1.29, 1.82) is 0 Å². The zero-order chi connectivity index (χ0) is 14.7. The minimum Gasteiger partial charge on any atom is -0.337 e. The van der Waals surface area contributed by atoms with Crippen LogP contribution in [0.5, 0.6) is 0 Å². The average Bonchev–Trinajstić information content (AvgIpc) is 3.09. The molecule has 0 saturated carbocycles.